The van der Waals surface area contributed by atoms with E-state index >= 15 is 0 Å². The van der Waals surface area contributed by atoms with E-state index in [1.807, 2.05) is 41.5 Å². The predicted octanol–water partition coefficient (Wildman–Crippen LogP) is 2.36. The molecule has 1 saturated heterocycles. The second-order valence-electron chi connectivity index (χ2n) is 8.21. The summed E-state index contributed by atoms with van der Waals surface area (Å²) >= 11 is 0. The first-order chi connectivity index (χ1) is 11.0. The molecule has 1 rings (SSSR count). The normalized spacial score (nSPS) is 18.2. The van der Waals surface area contributed by atoms with Crippen LogP contribution in [0.2, 0.25) is 0 Å². The monoisotopic (exact) mass is 343 g/mol. The van der Waals surface area contributed by atoms with Crippen LogP contribution in [0, 0.1) is 5.92 Å². The summed E-state index contributed by atoms with van der Waals surface area (Å²) in [6.45, 7) is 14.2. The summed E-state index contributed by atoms with van der Waals surface area (Å²) in [5.41, 5.74) is -1.08. The van der Waals surface area contributed by atoms with Crippen LogP contribution in [0.4, 0.5) is 9.59 Å². The van der Waals surface area contributed by atoms with Gasteiger partial charge in [0.05, 0.1) is 0 Å². The number of carbonyl (C=O) groups excluding carboxylic acids is 2. The van der Waals surface area contributed by atoms with Crippen molar-refractivity contribution in [3.8, 4) is 0 Å². The molecule has 1 atom stereocenters. The molecular weight excluding hydrogens is 310 g/mol. The van der Waals surface area contributed by atoms with E-state index in [-0.39, 0.29) is 6.09 Å². The number of nitrogens with zero attached hydrogens (tertiary/aromatic N) is 1. The third-order valence-electron chi connectivity index (χ3n) is 3.34. The third kappa shape index (κ3) is 8.96. The summed E-state index contributed by atoms with van der Waals surface area (Å²) < 4.78 is 10.7. The highest BCUT2D eigenvalue weighted by atomic mass is 16.6. The van der Waals surface area contributed by atoms with E-state index in [2.05, 4.69) is 10.6 Å². The maximum atomic E-state index is 12.4. The molecule has 1 aliphatic rings. The van der Waals surface area contributed by atoms with Crippen LogP contribution in [0.25, 0.3) is 0 Å². The number of carbonyl (C=O) groups is 2. The van der Waals surface area contributed by atoms with Crippen LogP contribution in [0.1, 0.15) is 48.0 Å². The van der Waals surface area contributed by atoms with Crippen molar-refractivity contribution in [1.82, 2.24) is 15.5 Å². The fraction of sp³-hybridized carbons (Fsp3) is 0.882. The fourth-order valence-electron chi connectivity index (χ4n) is 2.37. The summed E-state index contributed by atoms with van der Waals surface area (Å²) in [6.07, 6.45) is 0.216. The second-order valence-corrected chi connectivity index (χ2v) is 8.21. The van der Waals surface area contributed by atoms with Crippen LogP contribution in [0.5, 0.6) is 0 Å². The van der Waals surface area contributed by atoms with Gasteiger partial charge in [0.15, 0.2) is 0 Å². The summed E-state index contributed by atoms with van der Waals surface area (Å²) in [5.74, 6) is 0.416. The molecule has 0 aromatic heterocycles. The van der Waals surface area contributed by atoms with Crippen molar-refractivity contribution in [1.29, 1.82) is 0 Å². The maximum absolute atomic E-state index is 12.4. The topological polar surface area (TPSA) is 79.9 Å². The SMILES string of the molecule is CC(C)(C)OC(=O)NCCN(CC1CCNC1)C(=O)OC(C)(C)C. The minimum absolute atomic E-state index is 0.328. The number of hydrogen-bond donors (Lipinski definition) is 2. The quantitative estimate of drug-likeness (QED) is 0.801. The van der Waals surface area contributed by atoms with Gasteiger partial charge < -0.3 is 25.0 Å². The number of amides is 2. The van der Waals surface area contributed by atoms with Crippen molar-refractivity contribution in [3.63, 3.8) is 0 Å². The van der Waals surface area contributed by atoms with E-state index in [0.717, 1.165) is 19.5 Å². The molecule has 1 fully saturated rings. The van der Waals surface area contributed by atoms with E-state index in [1.54, 1.807) is 4.90 Å². The minimum atomic E-state index is -0.540. The van der Waals surface area contributed by atoms with Gasteiger partial charge in [-0.1, -0.05) is 0 Å². The average Bonchev–Trinajstić information content (AvgIpc) is 2.86. The number of rotatable bonds is 5. The Morgan fingerprint density at radius 2 is 1.75 bits per heavy atom. The smallest absolute Gasteiger partial charge is 0.410 e. The fourth-order valence-corrected chi connectivity index (χ4v) is 2.37. The number of nitrogens with one attached hydrogen (secondary N) is 2. The van der Waals surface area contributed by atoms with Gasteiger partial charge in [-0.3, -0.25) is 0 Å². The van der Waals surface area contributed by atoms with Gasteiger partial charge in [-0.2, -0.15) is 0 Å². The van der Waals surface area contributed by atoms with Crippen LogP contribution in [0.15, 0.2) is 0 Å². The maximum Gasteiger partial charge on any atom is 0.410 e. The lowest BCUT2D eigenvalue weighted by molar-refractivity contribution is 0.0216. The van der Waals surface area contributed by atoms with E-state index in [1.165, 1.54) is 0 Å². The molecule has 0 saturated carbocycles. The van der Waals surface area contributed by atoms with E-state index in [4.69, 9.17) is 9.47 Å². The van der Waals surface area contributed by atoms with Crippen molar-refractivity contribution in [2.24, 2.45) is 5.92 Å². The lowest BCUT2D eigenvalue weighted by Gasteiger charge is -2.29. The second kappa shape index (κ2) is 8.55. The van der Waals surface area contributed by atoms with Gasteiger partial charge in [0.25, 0.3) is 0 Å². The van der Waals surface area contributed by atoms with Crippen molar-refractivity contribution in [2.75, 3.05) is 32.7 Å². The van der Waals surface area contributed by atoms with Gasteiger partial charge in [-0.25, -0.2) is 9.59 Å². The Morgan fingerprint density at radius 1 is 1.12 bits per heavy atom. The van der Waals surface area contributed by atoms with Gasteiger partial charge in [0.1, 0.15) is 11.2 Å². The molecule has 0 aromatic rings. The Morgan fingerprint density at radius 3 is 2.25 bits per heavy atom. The zero-order chi connectivity index (χ0) is 18.4. The molecule has 7 heteroatoms. The lowest BCUT2D eigenvalue weighted by Crippen LogP contribution is -2.44. The zero-order valence-electron chi connectivity index (χ0n) is 15.9. The average molecular weight is 343 g/mol. The molecule has 0 aromatic carbocycles. The number of alkyl carbamates (subject to hydrolysis) is 1. The van der Waals surface area contributed by atoms with Crippen LogP contribution >= 0.6 is 0 Å². The van der Waals surface area contributed by atoms with Crippen molar-refractivity contribution in [3.05, 3.63) is 0 Å². The molecule has 0 radical (unpaired) electrons. The number of ether oxygens (including phenoxy) is 2. The van der Waals surface area contributed by atoms with E-state index in [9.17, 15) is 9.59 Å². The summed E-state index contributed by atoms with van der Waals surface area (Å²) in [4.78, 5) is 25.8. The first-order valence-corrected chi connectivity index (χ1v) is 8.62. The Hall–Kier alpha value is -1.50. The molecule has 2 amide bonds. The molecule has 1 unspecified atom stereocenters. The molecule has 24 heavy (non-hydrogen) atoms. The van der Waals surface area contributed by atoms with Crippen LogP contribution in [-0.4, -0.2) is 61.0 Å². The Bertz CT molecular complexity index is 421. The highest BCUT2D eigenvalue weighted by molar-refractivity contribution is 5.69. The molecule has 2 N–H and O–H groups in total. The van der Waals surface area contributed by atoms with E-state index < -0.39 is 17.3 Å². The molecule has 1 aliphatic heterocycles. The van der Waals surface area contributed by atoms with Gasteiger partial charge in [0, 0.05) is 19.6 Å². The van der Waals surface area contributed by atoms with Crippen LogP contribution in [-0.2, 0) is 9.47 Å². The van der Waals surface area contributed by atoms with Gasteiger partial charge in [-0.15, -0.1) is 0 Å². The van der Waals surface area contributed by atoms with Crippen LogP contribution < -0.4 is 10.6 Å². The highest BCUT2D eigenvalue weighted by Crippen LogP contribution is 2.14. The Balaban J connectivity index is 2.51. The molecular formula is C17H33N3O4. The Kier molecular flexibility index (Phi) is 7.32. The number of hydrogen-bond acceptors (Lipinski definition) is 5. The first-order valence-electron chi connectivity index (χ1n) is 8.62. The summed E-state index contributed by atoms with van der Waals surface area (Å²) in [6, 6.07) is 0. The summed E-state index contributed by atoms with van der Waals surface area (Å²) in [7, 11) is 0. The standard InChI is InChI=1S/C17H33N3O4/c1-16(2,3)23-14(21)19-9-10-20(12-13-7-8-18-11-13)15(22)24-17(4,5)6/h13,18H,7-12H2,1-6H3,(H,19,21). The molecule has 1 heterocycles. The molecule has 0 aliphatic carbocycles. The van der Waals surface area contributed by atoms with Gasteiger partial charge >= 0.3 is 12.2 Å². The minimum Gasteiger partial charge on any atom is -0.444 e. The van der Waals surface area contributed by atoms with Gasteiger partial charge in [0.2, 0.25) is 0 Å². The van der Waals surface area contributed by atoms with Crippen molar-refractivity contribution < 1.29 is 19.1 Å². The zero-order valence-corrected chi connectivity index (χ0v) is 15.9. The van der Waals surface area contributed by atoms with Crippen molar-refractivity contribution >= 4 is 12.2 Å². The first kappa shape index (κ1) is 20.5. The third-order valence-corrected chi connectivity index (χ3v) is 3.34. The van der Waals surface area contributed by atoms with Crippen molar-refractivity contribution in [2.45, 2.75) is 59.2 Å². The molecule has 0 bridgehead atoms. The lowest BCUT2D eigenvalue weighted by atomic mass is 10.1. The highest BCUT2D eigenvalue weighted by Gasteiger charge is 2.26. The molecule has 0 spiro atoms. The molecule has 7 nitrogen and oxygen atoms in total. The molecule has 140 valence electrons. The largest absolute Gasteiger partial charge is 0.444 e. The van der Waals surface area contributed by atoms with Gasteiger partial charge in [-0.05, 0) is 67.0 Å². The Labute approximate surface area is 145 Å². The van der Waals surface area contributed by atoms with Crippen LogP contribution in [0.3, 0.4) is 0 Å². The summed E-state index contributed by atoms with van der Waals surface area (Å²) in [5, 5.41) is 5.98. The predicted molar refractivity (Wildman–Crippen MR) is 93.0 cm³/mol. The van der Waals surface area contributed by atoms with E-state index in [0.29, 0.717) is 25.6 Å².